The van der Waals surface area contributed by atoms with E-state index in [4.69, 9.17) is 10.5 Å². The van der Waals surface area contributed by atoms with Crippen LogP contribution in [0, 0.1) is 0 Å². The van der Waals surface area contributed by atoms with Crippen molar-refractivity contribution in [3.63, 3.8) is 0 Å². The van der Waals surface area contributed by atoms with Crippen LogP contribution in [0.2, 0.25) is 0 Å². The number of rotatable bonds is 5. The van der Waals surface area contributed by atoms with Gasteiger partial charge in [0.2, 0.25) is 5.91 Å². The third-order valence-electron chi connectivity index (χ3n) is 4.61. The number of ether oxygens (including phenoxy) is 1. The molecule has 1 fully saturated rings. The maximum atomic E-state index is 12.4. The molecule has 0 spiro atoms. The Bertz CT molecular complexity index is 687. The first kappa shape index (κ1) is 16.5. The molecule has 1 saturated carbocycles. The standard InChI is InChI=1S/C18H24N4O2/c1-24-16-7-5-15(6-8-16)22-12-9-14(21-22)13-20-17(23)18(19)10-3-2-4-11-18/h5-9,12H,2-4,10-11,13,19H2,1H3,(H,20,23). The first-order valence-corrected chi connectivity index (χ1v) is 8.37. The van der Waals surface area contributed by atoms with Gasteiger partial charge in [-0.3, -0.25) is 4.79 Å². The van der Waals surface area contributed by atoms with Crippen LogP contribution in [0.25, 0.3) is 5.69 Å². The summed E-state index contributed by atoms with van der Waals surface area (Å²) in [4.78, 5) is 12.4. The summed E-state index contributed by atoms with van der Waals surface area (Å²) in [7, 11) is 1.64. The zero-order chi connectivity index (χ0) is 17.0. The van der Waals surface area contributed by atoms with Crippen LogP contribution in [0.1, 0.15) is 37.8 Å². The number of nitrogens with one attached hydrogen (secondary N) is 1. The molecule has 128 valence electrons. The molecule has 1 aromatic heterocycles. The summed E-state index contributed by atoms with van der Waals surface area (Å²) in [6.07, 6.45) is 6.62. The van der Waals surface area contributed by atoms with Gasteiger partial charge in [0.15, 0.2) is 0 Å². The Morgan fingerprint density at radius 3 is 2.62 bits per heavy atom. The number of hydrogen-bond acceptors (Lipinski definition) is 4. The van der Waals surface area contributed by atoms with Crippen molar-refractivity contribution in [2.45, 2.75) is 44.2 Å². The minimum atomic E-state index is -0.712. The predicted octanol–water partition coefficient (Wildman–Crippen LogP) is 2.16. The lowest BCUT2D eigenvalue weighted by atomic mass is 9.82. The van der Waals surface area contributed by atoms with Gasteiger partial charge in [0.05, 0.1) is 30.6 Å². The van der Waals surface area contributed by atoms with E-state index in [2.05, 4.69) is 10.4 Å². The van der Waals surface area contributed by atoms with Gasteiger partial charge in [0, 0.05) is 6.20 Å². The number of methoxy groups -OCH3 is 1. The van der Waals surface area contributed by atoms with E-state index in [0.717, 1.165) is 42.8 Å². The van der Waals surface area contributed by atoms with E-state index >= 15 is 0 Å². The first-order chi connectivity index (χ1) is 11.6. The largest absolute Gasteiger partial charge is 0.497 e. The molecule has 6 nitrogen and oxygen atoms in total. The molecule has 24 heavy (non-hydrogen) atoms. The normalized spacial score (nSPS) is 16.6. The number of hydrogen-bond donors (Lipinski definition) is 2. The number of amides is 1. The summed E-state index contributed by atoms with van der Waals surface area (Å²) in [5.41, 5.74) is 7.27. The van der Waals surface area contributed by atoms with E-state index in [1.54, 1.807) is 11.8 Å². The summed E-state index contributed by atoms with van der Waals surface area (Å²) < 4.78 is 6.93. The second-order valence-electron chi connectivity index (χ2n) is 6.35. The summed E-state index contributed by atoms with van der Waals surface area (Å²) in [5, 5.41) is 7.43. The lowest BCUT2D eigenvalue weighted by Gasteiger charge is -2.31. The van der Waals surface area contributed by atoms with E-state index in [9.17, 15) is 4.79 Å². The van der Waals surface area contributed by atoms with Crippen LogP contribution in [0.4, 0.5) is 0 Å². The molecule has 0 atom stereocenters. The van der Waals surface area contributed by atoms with E-state index in [1.807, 2.05) is 36.5 Å². The van der Waals surface area contributed by atoms with Crippen molar-refractivity contribution in [2.24, 2.45) is 5.73 Å². The summed E-state index contributed by atoms with van der Waals surface area (Å²) in [6.45, 7) is 0.390. The van der Waals surface area contributed by atoms with Gasteiger partial charge >= 0.3 is 0 Å². The maximum absolute atomic E-state index is 12.4. The number of aromatic nitrogens is 2. The molecule has 0 radical (unpaired) electrons. The number of carbonyl (C=O) groups excluding carboxylic acids is 1. The van der Waals surface area contributed by atoms with Gasteiger partial charge < -0.3 is 15.8 Å². The number of carbonyl (C=O) groups is 1. The molecule has 3 rings (SSSR count). The topological polar surface area (TPSA) is 82.2 Å². The summed E-state index contributed by atoms with van der Waals surface area (Å²) >= 11 is 0. The SMILES string of the molecule is COc1ccc(-n2ccc(CNC(=O)C3(N)CCCCC3)n2)cc1. The monoisotopic (exact) mass is 328 g/mol. The highest BCUT2D eigenvalue weighted by Gasteiger charge is 2.34. The van der Waals surface area contributed by atoms with Crippen LogP contribution < -0.4 is 15.8 Å². The molecular formula is C18H24N4O2. The van der Waals surface area contributed by atoms with Crippen molar-refractivity contribution >= 4 is 5.91 Å². The molecule has 0 bridgehead atoms. The van der Waals surface area contributed by atoms with Crippen LogP contribution in [0.15, 0.2) is 36.5 Å². The number of nitrogens with zero attached hydrogens (tertiary/aromatic N) is 2. The molecule has 1 aromatic carbocycles. The number of nitrogens with two attached hydrogens (primary N) is 1. The molecule has 0 saturated heterocycles. The Morgan fingerprint density at radius 1 is 1.25 bits per heavy atom. The summed E-state index contributed by atoms with van der Waals surface area (Å²) in [5.74, 6) is 0.736. The third-order valence-corrected chi connectivity index (χ3v) is 4.61. The number of benzene rings is 1. The molecule has 2 aromatic rings. The van der Waals surface area contributed by atoms with E-state index in [0.29, 0.717) is 6.54 Å². The van der Waals surface area contributed by atoms with Crippen molar-refractivity contribution in [3.05, 3.63) is 42.2 Å². The molecule has 1 aliphatic carbocycles. The molecule has 1 heterocycles. The van der Waals surface area contributed by atoms with Crippen LogP contribution in [-0.4, -0.2) is 28.3 Å². The van der Waals surface area contributed by atoms with Crippen LogP contribution in [0.3, 0.4) is 0 Å². The minimum absolute atomic E-state index is 0.0683. The fourth-order valence-electron chi connectivity index (χ4n) is 3.09. The van der Waals surface area contributed by atoms with Gasteiger partial charge in [0.1, 0.15) is 5.75 Å². The molecule has 1 aliphatic rings. The van der Waals surface area contributed by atoms with Crippen molar-refractivity contribution in [1.29, 1.82) is 0 Å². The van der Waals surface area contributed by atoms with Gasteiger partial charge in [-0.25, -0.2) is 4.68 Å². The second kappa shape index (κ2) is 7.05. The van der Waals surface area contributed by atoms with Crippen LogP contribution in [-0.2, 0) is 11.3 Å². The molecule has 1 amide bonds. The zero-order valence-electron chi connectivity index (χ0n) is 14.0. The lowest BCUT2D eigenvalue weighted by molar-refractivity contribution is -0.127. The zero-order valence-corrected chi connectivity index (χ0v) is 14.0. The Balaban J connectivity index is 1.60. The van der Waals surface area contributed by atoms with Gasteiger partial charge in [-0.1, -0.05) is 19.3 Å². The first-order valence-electron chi connectivity index (χ1n) is 8.37. The third kappa shape index (κ3) is 3.59. The van der Waals surface area contributed by atoms with Gasteiger partial charge in [-0.15, -0.1) is 0 Å². The lowest BCUT2D eigenvalue weighted by Crippen LogP contribution is -2.54. The van der Waals surface area contributed by atoms with Crippen molar-refractivity contribution < 1.29 is 9.53 Å². The van der Waals surface area contributed by atoms with E-state index in [-0.39, 0.29) is 5.91 Å². The van der Waals surface area contributed by atoms with Gasteiger partial charge in [-0.05, 0) is 43.2 Å². The minimum Gasteiger partial charge on any atom is -0.497 e. The Morgan fingerprint density at radius 2 is 1.96 bits per heavy atom. The predicted molar refractivity (Wildman–Crippen MR) is 92.0 cm³/mol. The van der Waals surface area contributed by atoms with Crippen LogP contribution >= 0.6 is 0 Å². The average molecular weight is 328 g/mol. The van der Waals surface area contributed by atoms with Gasteiger partial charge in [0.25, 0.3) is 0 Å². The fourth-order valence-corrected chi connectivity index (χ4v) is 3.09. The molecule has 0 aliphatic heterocycles. The van der Waals surface area contributed by atoms with E-state index in [1.165, 1.54) is 6.42 Å². The Labute approximate surface area is 142 Å². The highest BCUT2D eigenvalue weighted by Crippen LogP contribution is 2.26. The Kier molecular flexibility index (Phi) is 4.85. The van der Waals surface area contributed by atoms with Crippen molar-refractivity contribution in [1.82, 2.24) is 15.1 Å². The molecule has 3 N–H and O–H groups in total. The average Bonchev–Trinajstić information content (AvgIpc) is 3.09. The molecular weight excluding hydrogens is 304 g/mol. The van der Waals surface area contributed by atoms with Gasteiger partial charge in [-0.2, -0.15) is 5.10 Å². The highest BCUT2D eigenvalue weighted by molar-refractivity contribution is 5.86. The molecule has 0 unspecified atom stereocenters. The second-order valence-corrected chi connectivity index (χ2v) is 6.35. The maximum Gasteiger partial charge on any atom is 0.240 e. The van der Waals surface area contributed by atoms with Crippen molar-refractivity contribution in [2.75, 3.05) is 7.11 Å². The highest BCUT2D eigenvalue weighted by atomic mass is 16.5. The Hall–Kier alpha value is -2.34. The van der Waals surface area contributed by atoms with E-state index < -0.39 is 5.54 Å². The quantitative estimate of drug-likeness (QED) is 0.881. The molecule has 6 heteroatoms. The van der Waals surface area contributed by atoms with Crippen LogP contribution in [0.5, 0.6) is 5.75 Å². The smallest absolute Gasteiger partial charge is 0.240 e. The van der Waals surface area contributed by atoms with Crippen molar-refractivity contribution in [3.8, 4) is 11.4 Å². The fraction of sp³-hybridized carbons (Fsp3) is 0.444. The summed E-state index contributed by atoms with van der Waals surface area (Å²) in [6, 6.07) is 9.55.